The molecule has 1 saturated heterocycles. The third kappa shape index (κ3) is 4.52. The average Bonchev–Trinajstić information content (AvgIpc) is 2.43. The highest BCUT2D eigenvalue weighted by Gasteiger charge is 2.19. The first-order valence-corrected chi connectivity index (χ1v) is 8.25. The number of nitrogens with two attached hydrogens (primary N) is 1. The van der Waals surface area contributed by atoms with Crippen LogP contribution in [0.1, 0.15) is 19.3 Å². The molecule has 3 N–H and O–H groups in total. The maximum atomic E-state index is 11.8. The Morgan fingerprint density at radius 1 is 1.35 bits per heavy atom. The van der Waals surface area contributed by atoms with Gasteiger partial charge in [-0.1, -0.05) is 12.1 Å². The summed E-state index contributed by atoms with van der Waals surface area (Å²) in [7, 11) is -0.699. The van der Waals surface area contributed by atoms with E-state index in [0.29, 0.717) is 36.0 Å². The van der Waals surface area contributed by atoms with E-state index in [0.717, 1.165) is 12.8 Å². The van der Waals surface area contributed by atoms with Crippen LogP contribution >= 0.6 is 0 Å². The summed E-state index contributed by atoms with van der Waals surface area (Å²) in [5.41, 5.74) is 6.32. The van der Waals surface area contributed by atoms with Crippen LogP contribution in [0.5, 0.6) is 5.75 Å². The molecular weight excluding hydrogens is 276 g/mol. The van der Waals surface area contributed by atoms with Gasteiger partial charge in [0.2, 0.25) is 5.91 Å². The van der Waals surface area contributed by atoms with Crippen molar-refractivity contribution in [1.82, 2.24) is 5.32 Å². The Morgan fingerprint density at radius 2 is 2.05 bits per heavy atom. The van der Waals surface area contributed by atoms with E-state index in [9.17, 15) is 9.00 Å². The molecule has 6 heteroatoms. The number of hydrogen-bond donors (Lipinski definition) is 2. The first-order chi connectivity index (χ1) is 9.65. The molecule has 1 aromatic carbocycles. The van der Waals surface area contributed by atoms with Crippen molar-refractivity contribution in [3.8, 4) is 5.75 Å². The predicted octanol–water partition coefficient (Wildman–Crippen LogP) is 1.06. The second-order valence-electron chi connectivity index (χ2n) is 4.83. The zero-order valence-corrected chi connectivity index (χ0v) is 12.2. The molecule has 1 heterocycles. The maximum Gasteiger partial charge on any atom is 0.223 e. The number of ether oxygens (including phenoxy) is 1. The summed E-state index contributed by atoms with van der Waals surface area (Å²) < 4.78 is 16.7. The highest BCUT2D eigenvalue weighted by molar-refractivity contribution is 7.85. The molecular formula is C14H20N2O3S. The fourth-order valence-electron chi connectivity index (χ4n) is 2.10. The van der Waals surface area contributed by atoms with E-state index in [1.165, 1.54) is 0 Å². The molecule has 0 aliphatic carbocycles. The normalized spacial score (nSPS) is 22.2. The Balaban J connectivity index is 1.68. The molecule has 1 amide bonds. The number of anilines is 1. The lowest BCUT2D eigenvalue weighted by molar-refractivity contribution is -0.122. The van der Waals surface area contributed by atoms with Crippen molar-refractivity contribution in [3.63, 3.8) is 0 Å². The van der Waals surface area contributed by atoms with Gasteiger partial charge in [-0.05, 0) is 25.0 Å². The van der Waals surface area contributed by atoms with Gasteiger partial charge in [0.25, 0.3) is 0 Å². The molecule has 1 aliphatic heterocycles. The van der Waals surface area contributed by atoms with Gasteiger partial charge in [-0.15, -0.1) is 0 Å². The summed E-state index contributed by atoms with van der Waals surface area (Å²) >= 11 is 0. The largest absolute Gasteiger partial charge is 0.491 e. The van der Waals surface area contributed by atoms with Crippen molar-refractivity contribution >= 4 is 22.4 Å². The quantitative estimate of drug-likeness (QED) is 0.796. The SMILES string of the molecule is Nc1ccccc1OCCC(=O)NC1CCS(=O)CC1. The Morgan fingerprint density at radius 3 is 2.75 bits per heavy atom. The molecule has 20 heavy (non-hydrogen) atoms. The number of para-hydroxylation sites is 2. The van der Waals surface area contributed by atoms with Crippen molar-refractivity contribution < 1.29 is 13.7 Å². The van der Waals surface area contributed by atoms with Gasteiger partial charge >= 0.3 is 0 Å². The summed E-state index contributed by atoms with van der Waals surface area (Å²) in [5, 5.41) is 2.96. The fraction of sp³-hybridized carbons (Fsp3) is 0.500. The van der Waals surface area contributed by atoms with Crippen LogP contribution < -0.4 is 15.8 Å². The van der Waals surface area contributed by atoms with Crippen LogP contribution in [-0.4, -0.2) is 34.3 Å². The van der Waals surface area contributed by atoms with Crippen LogP contribution in [0, 0.1) is 0 Å². The van der Waals surface area contributed by atoms with E-state index in [4.69, 9.17) is 10.5 Å². The Bertz CT molecular complexity index is 483. The summed E-state index contributed by atoms with van der Waals surface area (Å²) in [5.74, 6) is 1.94. The van der Waals surface area contributed by atoms with E-state index < -0.39 is 10.8 Å². The topological polar surface area (TPSA) is 81.4 Å². The molecule has 2 rings (SSSR count). The lowest BCUT2D eigenvalue weighted by atomic mass is 10.1. The van der Waals surface area contributed by atoms with Crippen LogP contribution in [0.15, 0.2) is 24.3 Å². The van der Waals surface area contributed by atoms with Crippen molar-refractivity contribution in [2.75, 3.05) is 23.8 Å². The molecule has 1 fully saturated rings. The monoisotopic (exact) mass is 296 g/mol. The molecule has 0 unspecified atom stereocenters. The third-order valence-electron chi connectivity index (χ3n) is 3.26. The van der Waals surface area contributed by atoms with Crippen LogP contribution in [0.25, 0.3) is 0 Å². The van der Waals surface area contributed by atoms with Gasteiger partial charge < -0.3 is 15.8 Å². The summed E-state index contributed by atoms with van der Waals surface area (Å²) in [6, 6.07) is 7.37. The predicted molar refractivity (Wildman–Crippen MR) is 80.0 cm³/mol. The van der Waals surface area contributed by atoms with Gasteiger partial charge in [0.15, 0.2) is 0 Å². The molecule has 5 nitrogen and oxygen atoms in total. The van der Waals surface area contributed by atoms with Crippen molar-refractivity contribution in [2.45, 2.75) is 25.3 Å². The first kappa shape index (κ1) is 14.8. The smallest absolute Gasteiger partial charge is 0.223 e. The number of rotatable bonds is 5. The van der Waals surface area contributed by atoms with E-state index >= 15 is 0 Å². The number of benzene rings is 1. The zero-order valence-electron chi connectivity index (χ0n) is 11.3. The summed E-state index contributed by atoms with van der Waals surface area (Å²) in [6.45, 7) is 0.304. The number of hydrogen-bond acceptors (Lipinski definition) is 4. The number of amides is 1. The molecule has 0 atom stereocenters. The summed E-state index contributed by atoms with van der Waals surface area (Å²) in [4.78, 5) is 11.8. The van der Waals surface area contributed by atoms with Gasteiger partial charge in [0, 0.05) is 28.3 Å². The Hall–Kier alpha value is -1.56. The molecule has 0 aromatic heterocycles. The Labute approximate surface area is 121 Å². The van der Waals surface area contributed by atoms with E-state index in [-0.39, 0.29) is 11.9 Å². The fourth-order valence-corrected chi connectivity index (χ4v) is 3.40. The number of nitrogen functional groups attached to an aromatic ring is 1. The highest BCUT2D eigenvalue weighted by Crippen LogP contribution is 2.19. The first-order valence-electron chi connectivity index (χ1n) is 6.77. The van der Waals surface area contributed by atoms with Crippen molar-refractivity contribution in [2.24, 2.45) is 0 Å². The van der Waals surface area contributed by atoms with E-state index in [2.05, 4.69) is 5.32 Å². The molecule has 1 aromatic rings. The minimum absolute atomic E-state index is 0.0304. The van der Waals surface area contributed by atoms with Crippen LogP contribution in [0.4, 0.5) is 5.69 Å². The van der Waals surface area contributed by atoms with Gasteiger partial charge in [-0.3, -0.25) is 9.00 Å². The molecule has 0 saturated carbocycles. The van der Waals surface area contributed by atoms with Crippen molar-refractivity contribution in [3.05, 3.63) is 24.3 Å². The average molecular weight is 296 g/mol. The minimum Gasteiger partial charge on any atom is -0.491 e. The molecule has 0 spiro atoms. The zero-order chi connectivity index (χ0) is 14.4. The van der Waals surface area contributed by atoms with Gasteiger partial charge in [0.05, 0.1) is 18.7 Å². The van der Waals surface area contributed by atoms with Gasteiger partial charge in [0.1, 0.15) is 5.75 Å². The van der Waals surface area contributed by atoms with Gasteiger partial charge in [-0.25, -0.2) is 0 Å². The third-order valence-corrected chi connectivity index (χ3v) is 4.64. The second-order valence-corrected chi connectivity index (χ2v) is 6.52. The lowest BCUT2D eigenvalue weighted by Crippen LogP contribution is -2.40. The number of nitrogens with one attached hydrogen (secondary N) is 1. The van der Waals surface area contributed by atoms with Crippen LogP contribution in [-0.2, 0) is 15.6 Å². The second kappa shape index (κ2) is 7.28. The van der Waals surface area contributed by atoms with Crippen LogP contribution in [0.2, 0.25) is 0 Å². The van der Waals surface area contributed by atoms with Crippen LogP contribution in [0.3, 0.4) is 0 Å². The van der Waals surface area contributed by atoms with E-state index in [1.807, 2.05) is 12.1 Å². The maximum absolute atomic E-state index is 11.8. The number of carbonyl (C=O) groups excluding carboxylic acids is 1. The summed E-state index contributed by atoms with van der Waals surface area (Å²) in [6.07, 6.45) is 1.89. The number of carbonyl (C=O) groups is 1. The molecule has 110 valence electrons. The molecule has 0 bridgehead atoms. The van der Waals surface area contributed by atoms with Crippen molar-refractivity contribution in [1.29, 1.82) is 0 Å². The molecule has 0 radical (unpaired) electrons. The van der Waals surface area contributed by atoms with E-state index in [1.54, 1.807) is 12.1 Å². The van der Waals surface area contributed by atoms with Gasteiger partial charge in [-0.2, -0.15) is 0 Å². The lowest BCUT2D eigenvalue weighted by Gasteiger charge is -2.22. The minimum atomic E-state index is -0.699. The standard InChI is InChI=1S/C14H20N2O3S/c15-12-3-1-2-4-13(12)19-8-5-14(17)16-11-6-9-20(18)10-7-11/h1-4,11H,5-10,15H2,(H,16,17). The highest BCUT2D eigenvalue weighted by atomic mass is 32.2. The Kier molecular flexibility index (Phi) is 5.40. The molecule has 1 aliphatic rings.